The number of nitrogens with one attached hydrogen (secondary N) is 1. The highest BCUT2D eigenvalue weighted by molar-refractivity contribution is 5.34. The maximum Gasteiger partial charge on any atom is 0.236 e. The third-order valence-electron chi connectivity index (χ3n) is 2.56. The van der Waals surface area contributed by atoms with Gasteiger partial charge in [-0.15, -0.1) is 0 Å². The third kappa shape index (κ3) is 1.67. The van der Waals surface area contributed by atoms with Crippen molar-refractivity contribution in [2.45, 2.75) is 26.2 Å². The molecule has 1 unspecified atom stereocenters. The normalized spacial score (nSPS) is 19.6. The first kappa shape index (κ1) is 8.95. The zero-order valence-electron chi connectivity index (χ0n) is 8.12. The lowest BCUT2D eigenvalue weighted by Gasteiger charge is -2.19. The van der Waals surface area contributed by atoms with Crippen LogP contribution in [0.4, 0.5) is 5.95 Å². The van der Waals surface area contributed by atoms with Crippen LogP contribution >= 0.6 is 0 Å². The molecule has 0 bridgehead atoms. The number of hydrogen-bond acceptors (Lipinski definition) is 4. The average molecular weight is 188 g/mol. The number of aryl methyl sites for hydroxylation is 1. The number of hydrogen-bond donors (Lipinski definition) is 1. The highest BCUT2D eigenvalue weighted by Gasteiger charge is 2.16. The molecule has 0 radical (unpaired) electrons. The zero-order valence-corrected chi connectivity index (χ0v) is 8.12. The van der Waals surface area contributed by atoms with Gasteiger partial charge in [-0.3, -0.25) is 5.32 Å². The van der Waals surface area contributed by atoms with Crippen molar-refractivity contribution in [2.75, 3.05) is 5.32 Å². The Bertz CT molecular complexity index is 380. The van der Waals surface area contributed by atoms with Crippen molar-refractivity contribution in [2.24, 2.45) is 5.92 Å². The van der Waals surface area contributed by atoms with Crippen molar-refractivity contribution >= 4 is 5.95 Å². The fourth-order valence-electron chi connectivity index (χ4n) is 1.80. The smallest absolute Gasteiger partial charge is 0.236 e. The summed E-state index contributed by atoms with van der Waals surface area (Å²) in [6, 6.07) is 0. The van der Waals surface area contributed by atoms with Gasteiger partial charge >= 0.3 is 0 Å². The van der Waals surface area contributed by atoms with Crippen LogP contribution < -0.4 is 5.32 Å². The van der Waals surface area contributed by atoms with Gasteiger partial charge in [-0.25, -0.2) is 9.97 Å². The minimum atomic E-state index is 0.417. The summed E-state index contributed by atoms with van der Waals surface area (Å²) in [6.07, 6.45) is 6.89. The molecule has 1 heterocycles. The summed E-state index contributed by atoms with van der Waals surface area (Å²) in [6.45, 7) is 2.24. The highest BCUT2D eigenvalue weighted by Crippen LogP contribution is 2.23. The van der Waals surface area contributed by atoms with Crippen molar-refractivity contribution < 1.29 is 0 Å². The summed E-state index contributed by atoms with van der Waals surface area (Å²) in [5.74, 6) is 1.14. The van der Waals surface area contributed by atoms with Crippen LogP contribution in [0, 0.1) is 17.4 Å². The Morgan fingerprint density at radius 3 is 3.29 bits per heavy atom. The van der Waals surface area contributed by atoms with Crippen LogP contribution in [-0.4, -0.2) is 9.97 Å². The van der Waals surface area contributed by atoms with Crippen molar-refractivity contribution in [1.29, 1.82) is 5.26 Å². The van der Waals surface area contributed by atoms with E-state index in [2.05, 4.69) is 22.2 Å². The molecule has 1 atom stereocenters. The Hall–Kier alpha value is -1.63. The second-order valence-corrected chi connectivity index (χ2v) is 3.75. The SMILES string of the molecule is CC1CCc2nc(NC#N)ncc2C1. The van der Waals surface area contributed by atoms with Crippen molar-refractivity contribution in [3.63, 3.8) is 0 Å². The zero-order chi connectivity index (χ0) is 9.97. The van der Waals surface area contributed by atoms with Gasteiger partial charge in [-0.05, 0) is 30.7 Å². The van der Waals surface area contributed by atoms with Crippen molar-refractivity contribution in [3.05, 3.63) is 17.5 Å². The summed E-state index contributed by atoms with van der Waals surface area (Å²) in [7, 11) is 0. The van der Waals surface area contributed by atoms with Crippen LogP contribution in [0.3, 0.4) is 0 Å². The van der Waals surface area contributed by atoms with E-state index >= 15 is 0 Å². The number of aromatic nitrogens is 2. The maximum absolute atomic E-state index is 8.42. The molecule has 1 aliphatic rings. The van der Waals surface area contributed by atoms with E-state index in [9.17, 15) is 0 Å². The first-order valence-corrected chi connectivity index (χ1v) is 4.79. The molecule has 72 valence electrons. The Balaban J connectivity index is 2.28. The lowest BCUT2D eigenvalue weighted by molar-refractivity contribution is 0.492. The second kappa shape index (κ2) is 3.62. The van der Waals surface area contributed by atoms with Crippen molar-refractivity contribution in [1.82, 2.24) is 9.97 Å². The van der Waals surface area contributed by atoms with Gasteiger partial charge in [0.05, 0.1) is 0 Å². The topological polar surface area (TPSA) is 61.6 Å². The maximum atomic E-state index is 8.42. The number of nitriles is 1. The summed E-state index contributed by atoms with van der Waals surface area (Å²) in [4.78, 5) is 8.36. The van der Waals surface area contributed by atoms with E-state index in [1.165, 1.54) is 12.0 Å². The van der Waals surface area contributed by atoms with E-state index in [0.717, 1.165) is 24.5 Å². The fourth-order valence-corrected chi connectivity index (χ4v) is 1.80. The predicted molar refractivity (Wildman–Crippen MR) is 52.5 cm³/mol. The molecule has 1 aromatic rings. The predicted octanol–water partition coefficient (Wildman–Crippen LogP) is 1.49. The number of rotatable bonds is 1. The van der Waals surface area contributed by atoms with Gasteiger partial charge in [0.15, 0.2) is 6.19 Å². The van der Waals surface area contributed by atoms with Gasteiger partial charge in [0.2, 0.25) is 5.95 Å². The van der Waals surface area contributed by atoms with Crippen LogP contribution in [-0.2, 0) is 12.8 Å². The van der Waals surface area contributed by atoms with Gasteiger partial charge in [0, 0.05) is 11.9 Å². The van der Waals surface area contributed by atoms with E-state index in [1.807, 2.05) is 12.4 Å². The quantitative estimate of drug-likeness (QED) is 0.536. The number of anilines is 1. The average Bonchev–Trinajstić information content (AvgIpc) is 2.19. The van der Waals surface area contributed by atoms with Crippen LogP contribution in [0.2, 0.25) is 0 Å². The molecule has 1 aliphatic carbocycles. The van der Waals surface area contributed by atoms with Gasteiger partial charge in [-0.1, -0.05) is 6.92 Å². The van der Waals surface area contributed by atoms with Crippen LogP contribution in [0.25, 0.3) is 0 Å². The van der Waals surface area contributed by atoms with Gasteiger partial charge in [-0.2, -0.15) is 5.26 Å². The molecule has 0 fully saturated rings. The number of fused-ring (bicyclic) bond motifs is 1. The Morgan fingerprint density at radius 2 is 2.50 bits per heavy atom. The van der Waals surface area contributed by atoms with Gasteiger partial charge < -0.3 is 0 Å². The first-order chi connectivity index (χ1) is 6.79. The molecule has 0 saturated carbocycles. The molecule has 0 amide bonds. The molecule has 0 spiro atoms. The van der Waals surface area contributed by atoms with E-state index in [1.54, 1.807) is 0 Å². The van der Waals surface area contributed by atoms with Crippen LogP contribution in [0.5, 0.6) is 0 Å². The van der Waals surface area contributed by atoms with Gasteiger partial charge in [0.1, 0.15) is 0 Å². The minimum absolute atomic E-state index is 0.417. The molecular formula is C10H12N4. The van der Waals surface area contributed by atoms with Gasteiger partial charge in [0.25, 0.3) is 0 Å². The molecule has 0 saturated heterocycles. The van der Waals surface area contributed by atoms with E-state index in [-0.39, 0.29) is 0 Å². The van der Waals surface area contributed by atoms with Crippen molar-refractivity contribution in [3.8, 4) is 6.19 Å². The number of nitrogens with zero attached hydrogens (tertiary/aromatic N) is 3. The summed E-state index contributed by atoms with van der Waals surface area (Å²) in [5.41, 5.74) is 2.32. The molecule has 0 aromatic carbocycles. The van der Waals surface area contributed by atoms with Crippen LogP contribution in [0.1, 0.15) is 24.6 Å². The Kier molecular flexibility index (Phi) is 2.32. The van der Waals surface area contributed by atoms with E-state index in [0.29, 0.717) is 5.95 Å². The molecule has 0 aliphatic heterocycles. The largest absolute Gasteiger partial charge is 0.261 e. The van der Waals surface area contributed by atoms with E-state index < -0.39 is 0 Å². The molecule has 2 rings (SSSR count). The lowest BCUT2D eigenvalue weighted by atomic mass is 9.89. The molecule has 4 nitrogen and oxygen atoms in total. The minimum Gasteiger partial charge on any atom is -0.261 e. The molecule has 1 aromatic heterocycles. The Morgan fingerprint density at radius 1 is 1.64 bits per heavy atom. The molecular weight excluding hydrogens is 176 g/mol. The highest BCUT2D eigenvalue weighted by atomic mass is 15.1. The summed E-state index contributed by atoms with van der Waals surface area (Å²) < 4.78 is 0. The monoisotopic (exact) mass is 188 g/mol. The molecule has 1 N–H and O–H groups in total. The second-order valence-electron chi connectivity index (χ2n) is 3.75. The summed E-state index contributed by atoms with van der Waals surface area (Å²) >= 11 is 0. The van der Waals surface area contributed by atoms with E-state index in [4.69, 9.17) is 5.26 Å². The third-order valence-corrected chi connectivity index (χ3v) is 2.56. The Labute approximate surface area is 83.0 Å². The lowest BCUT2D eigenvalue weighted by Crippen LogP contribution is -2.14. The fraction of sp³-hybridized carbons (Fsp3) is 0.500. The molecule has 14 heavy (non-hydrogen) atoms. The standard InChI is InChI=1S/C10H12N4/c1-7-2-3-9-8(4-7)5-12-10(14-9)13-6-11/h5,7H,2-4H2,1H3,(H,12,13,14). The molecule has 4 heteroatoms. The summed E-state index contributed by atoms with van der Waals surface area (Å²) in [5, 5.41) is 10.9. The first-order valence-electron chi connectivity index (χ1n) is 4.79. The van der Waals surface area contributed by atoms with Crippen LogP contribution in [0.15, 0.2) is 6.20 Å².